The van der Waals surface area contributed by atoms with Crippen molar-refractivity contribution in [3.05, 3.63) is 45.9 Å². The van der Waals surface area contributed by atoms with Gasteiger partial charge in [0.15, 0.2) is 5.58 Å². The van der Waals surface area contributed by atoms with Gasteiger partial charge in [0.2, 0.25) is 0 Å². The van der Waals surface area contributed by atoms with Crippen LogP contribution in [0, 0.1) is 0 Å². The molecule has 2 aromatic carbocycles. The van der Waals surface area contributed by atoms with Crippen LogP contribution >= 0.6 is 23.2 Å². The van der Waals surface area contributed by atoms with Crippen LogP contribution < -0.4 is 4.74 Å². The zero-order chi connectivity index (χ0) is 15.3. The third kappa shape index (κ3) is 1.99. The van der Waals surface area contributed by atoms with Crippen LogP contribution in [-0.4, -0.2) is 23.0 Å². The minimum Gasteiger partial charge on any atom is -0.486 e. The van der Waals surface area contributed by atoms with Crippen LogP contribution in [0.3, 0.4) is 0 Å². The number of nitrogens with zero attached hydrogens (tertiary/aromatic N) is 1. The fourth-order valence-corrected chi connectivity index (χ4v) is 3.28. The number of ether oxygens (including phenoxy) is 1. The van der Waals surface area contributed by atoms with Crippen molar-refractivity contribution in [2.75, 3.05) is 6.61 Å². The molecule has 1 atom stereocenters. The van der Waals surface area contributed by atoms with Crippen LogP contribution in [0.2, 0.25) is 10.0 Å². The van der Waals surface area contributed by atoms with E-state index in [2.05, 4.69) is 5.16 Å². The number of aliphatic hydroxyl groups is 1. The molecule has 2 heterocycles. The average Bonchev–Trinajstić information content (AvgIpc) is 3.12. The van der Waals surface area contributed by atoms with E-state index in [4.69, 9.17) is 32.5 Å². The summed E-state index contributed by atoms with van der Waals surface area (Å²) >= 11 is 12.6. The van der Waals surface area contributed by atoms with Gasteiger partial charge in [-0.05, 0) is 12.1 Å². The zero-order valence-electron chi connectivity index (χ0n) is 11.3. The molecule has 0 bridgehead atoms. The van der Waals surface area contributed by atoms with Gasteiger partial charge in [0.25, 0.3) is 0 Å². The fraction of sp³-hybridized carbons (Fsp3) is 0.188. The molecule has 4 nitrogen and oxygen atoms in total. The number of halogens is 2. The molecule has 22 heavy (non-hydrogen) atoms. The van der Waals surface area contributed by atoms with Gasteiger partial charge in [0, 0.05) is 17.5 Å². The van der Waals surface area contributed by atoms with Crippen molar-refractivity contribution in [1.29, 1.82) is 0 Å². The monoisotopic (exact) mass is 335 g/mol. The van der Waals surface area contributed by atoms with E-state index in [1.807, 2.05) is 18.2 Å². The first-order valence-electron chi connectivity index (χ1n) is 6.82. The Morgan fingerprint density at radius 3 is 2.82 bits per heavy atom. The van der Waals surface area contributed by atoms with E-state index in [1.54, 1.807) is 12.1 Å². The first-order valence-corrected chi connectivity index (χ1v) is 7.58. The maximum Gasteiger partial charge on any atom is 0.174 e. The van der Waals surface area contributed by atoms with Crippen molar-refractivity contribution in [3.63, 3.8) is 0 Å². The van der Waals surface area contributed by atoms with Crippen molar-refractivity contribution in [2.45, 2.75) is 12.5 Å². The summed E-state index contributed by atoms with van der Waals surface area (Å²) in [7, 11) is 0. The Kier molecular flexibility index (Phi) is 3.26. The highest BCUT2D eigenvalue weighted by Gasteiger charge is 2.30. The Balaban J connectivity index is 1.95. The molecule has 1 aromatic heterocycles. The van der Waals surface area contributed by atoms with Gasteiger partial charge >= 0.3 is 0 Å². The Morgan fingerprint density at radius 1 is 1.23 bits per heavy atom. The van der Waals surface area contributed by atoms with E-state index in [0.717, 1.165) is 16.5 Å². The molecule has 1 aliphatic rings. The molecule has 0 spiro atoms. The van der Waals surface area contributed by atoms with Gasteiger partial charge in [-0.15, -0.1) is 0 Å². The first kappa shape index (κ1) is 13.9. The summed E-state index contributed by atoms with van der Waals surface area (Å²) < 4.78 is 11.2. The lowest BCUT2D eigenvalue weighted by Crippen LogP contribution is -2.17. The van der Waals surface area contributed by atoms with Crippen molar-refractivity contribution in [2.24, 2.45) is 0 Å². The van der Waals surface area contributed by atoms with Gasteiger partial charge < -0.3 is 14.4 Å². The van der Waals surface area contributed by atoms with E-state index >= 15 is 0 Å². The molecule has 1 unspecified atom stereocenters. The van der Waals surface area contributed by atoms with E-state index in [-0.39, 0.29) is 12.7 Å². The van der Waals surface area contributed by atoms with Gasteiger partial charge in [0.05, 0.1) is 22.0 Å². The standard InChI is InChI=1S/C16H11Cl2NO3/c17-12-4-2-1-3-9(12)14-10-6-13(18)16-11(15(10)22-19-14)5-8(7-20)21-16/h1-4,6,8,20H,5,7H2. The summed E-state index contributed by atoms with van der Waals surface area (Å²) in [4.78, 5) is 0. The van der Waals surface area contributed by atoms with Crippen LogP contribution in [0.1, 0.15) is 5.56 Å². The topological polar surface area (TPSA) is 55.5 Å². The van der Waals surface area contributed by atoms with Crippen molar-refractivity contribution in [3.8, 4) is 17.0 Å². The molecule has 0 aliphatic carbocycles. The predicted molar refractivity (Wildman–Crippen MR) is 84.7 cm³/mol. The number of aromatic nitrogens is 1. The SMILES string of the molecule is OCC1Cc2c(c(Cl)cc3c(-c4ccccc4Cl)noc23)O1. The van der Waals surface area contributed by atoms with Crippen molar-refractivity contribution < 1.29 is 14.4 Å². The summed E-state index contributed by atoms with van der Waals surface area (Å²) in [5, 5.41) is 15.3. The second kappa shape index (κ2) is 5.16. The quantitative estimate of drug-likeness (QED) is 0.766. The second-order valence-electron chi connectivity index (χ2n) is 5.18. The zero-order valence-corrected chi connectivity index (χ0v) is 12.9. The van der Waals surface area contributed by atoms with Crippen LogP contribution in [0.5, 0.6) is 5.75 Å². The Morgan fingerprint density at radius 2 is 2.05 bits per heavy atom. The van der Waals surface area contributed by atoms with Crippen molar-refractivity contribution >= 4 is 34.2 Å². The third-order valence-corrected chi connectivity index (χ3v) is 4.42. The highest BCUT2D eigenvalue weighted by atomic mass is 35.5. The van der Waals surface area contributed by atoms with E-state index in [9.17, 15) is 5.11 Å². The van der Waals surface area contributed by atoms with Gasteiger partial charge in [0.1, 0.15) is 17.5 Å². The number of hydrogen-bond donors (Lipinski definition) is 1. The highest BCUT2D eigenvalue weighted by Crippen LogP contribution is 2.44. The molecular formula is C16H11Cl2NO3. The average molecular weight is 336 g/mol. The molecule has 3 aromatic rings. The van der Waals surface area contributed by atoms with Crippen LogP contribution in [0.25, 0.3) is 22.2 Å². The van der Waals surface area contributed by atoms with E-state index in [1.165, 1.54) is 0 Å². The summed E-state index contributed by atoms with van der Waals surface area (Å²) in [5.41, 5.74) is 2.91. The molecule has 0 fully saturated rings. The van der Waals surface area contributed by atoms with Crippen LogP contribution in [0.15, 0.2) is 34.9 Å². The molecule has 1 N–H and O–H groups in total. The molecule has 1 aliphatic heterocycles. The molecular weight excluding hydrogens is 325 g/mol. The number of aliphatic hydroxyl groups excluding tert-OH is 1. The highest BCUT2D eigenvalue weighted by molar-refractivity contribution is 6.34. The first-order chi connectivity index (χ1) is 10.7. The Labute approximate surface area is 136 Å². The Bertz CT molecular complexity index is 875. The number of fused-ring (bicyclic) bond motifs is 3. The Hall–Kier alpha value is -1.75. The van der Waals surface area contributed by atoms with Crippen molar-refractivity contribution in [1.82, 2.24) is 5.16 Å². The summed E-state index contributed by atoms with van der Waals surface area (Å²) in [6.07, 6.45) is 0.243. The molecule has 0 saturated carbocycles. The number of rotatable bonds is 2. The summed E-state index contributed by atoms with van der Waals surface area (Å²) in [6.45, 7) is -0.0714. The van der Waals surface area contributed by atoms with Gasteiger partial charge in [-0.1, -0.05) is 46.6 Å². The lowest BCUT2D eigenvalue weighted by molar-refractivity contribution is 0.134. The lowest BCUT2D eigenvalue weighted by atomic mass is 10.0. The van der Waals surface area contributed by atoms with Crippen LogP contribution in [-0.2, 0) is 6.42 Å². The predicted octanol–water partition coefficient (Wildman–Crippen LogP) is 4.10. The largest absolute Gasteiger partial charge is 0.486 e. The summed E-state index contributed by atoms with van der Waals surface area (Å²) in [5.74, 6) is 0.565. The third-order valence-electron chi connectivity index (χ3n) is 3.81. The molecule has 0 amide bonds. The number of benzene rings is 2. The van der Waals surface area contributed by atoms with E-state index in [0.29, 0.717) is 33.5 Å². The molecule has 6 heteroatoms. The summed E-state index contributed by atoms with van der Waals surface area (Å²) in [6, 6.07) is 9.20. The van der Waals surface area contributed by atoms with Gasteiger partial charge in [-0.2, -0.15) is 0 Å². The number of hydrogen-bond acceptors (Lipinski definition) is 4. The maximum absolute atomic E-state index is 9.29. The smallest absolute Gasteiger partial charge is 0.174 e. The maximum atomic E-state index is 9.29. The molecule has 0 saturated heterocycles. The van der Waals surface area contributed by atoms with Crippen LogP contribution in [0.4, 0.5) is 0 Å². The molecule has 4 rings (SSSR count). The molecule has 112 valence electrons. The fourth-order valence-electron chi connectivity index (χ4n) is 2.79. The minimum absolute atomic E-state index is 0.0714. The minimum atomic E-state index is -0.299. The molecule has 0 radical (unpaired) electrons. The second-order valence-corrected chi connectivity index (χ2v) is 5.99. The normalized spacial score (nSPS) is 16.8. The van der Waals surface area contributed by atoms with Gasteiger partial charge in [-0.25, -0.2) is 0 Å². The lowest BCUT2D eigenvalue weighted by Gasteiger charge is -2.06. The van der Waals surface area contributed by atoms with Gasteiger partial charge in [-0.3, -0.25) is 0 Å². The van der Waals surface area contributed by atoms with E-state index < -0.39 is 0 Å².